The molecule has 0 aliphatic carbocycles. The van der Waals surface area contributed by atoms with Gasteiger partial charge in [-0.1, -0.05) is 25.4 Å². The van der Waals surface area contributed by atoms with Gasteiger partial charge in [0.2, 0.25) is 5.78 Å². The second-order valence-electron chi connectivity index (χ2n) is 6.67. The minimum Gasteiger partial charge on any atom is -0.454 e. The normalized spacial score (nSPS) is 11.2. The number of ether oxygens (including phenoxy) is 1. The topological polar surface area (TPSA) is 66.1 Å². The van der Waals surface area contributed by atoms with E-state index in [-0.39, 0.29) is 23.1 Å². The summed E-state index contributed by atoms with van der Waals surface area (Å²) >= 11 is 6.26. The van der Waals surface area contributed by atoms with E-state index < -0.39 is 5.97 Å². The fourth-order valence-corrected chi connectivity index (χ4v) is 2.99. The molecule has 0 saturated carbocycles. The lowest BCUT2D eigenvalue weighted by atomic mass is 10.1. The van der Waals surface area contributed by atoms with Crippen molar-refractivity contribution in [2.24, 2.45) is 13.0 Å². The van der Waals surface area contributed by atoms with Gasteiger partial charge in [0.15, 0.2) is 6.61 Å². The molecule has 2 heterocycles. The van der Waals surface area contributed by atoms with Gasteiger partial charge in [0.25, 0.3) is 0 Å². The molecule has 0 atom stereocenters. The molecule has 0 radical (unpaired) electrons. The maximum absolute atomic E-state index is 12.4. The molecule has 0 spiro atoms. The second kappa shape index (κ2) is 7.44. The Morgan fingerprint density at radius 2 is 1.92 bits per heavy atom. The Bertz CT molecular complexity index is 818. The number of nitrogens with zero attached hydrogens (tertiary/aromatic N) is 3. The van der Waals surface area contributed by atoms with Crippen LogP contribution in [0.1, 0.15) is 51.6 Å². The van der Waals surface area contributed by atoms with Crippen molar-refractivity contribution in [3.05, 3.63) is 39.4 Å². The van der Waals surface area contributed by atoms with E-state index in [2.05, 4.69) is 5.10 Å². The molecule has 0 aliphatic heterocycles. The molecule has 2 aromatic rings. The van der Waals surface area contributed by atoms with Gasteiger partial charge < -0.3 is 9.30 Å². The van der Waals surface area contributed by atoms with Gasteiger partial charge in [0, 0.05) is 30.5 Å². The van der Waals surface area contributed by atoms with Crippen LogP contribution in [-0.4, -0.2) is 32.7 Å². The van der Waals surface area contributed by atoms with Crippen LogP contribution in [-0.2, 0) is 18.3 Å². The fraction of sp³-hybridized carbons (Fsp3) is 0.500. The summed E-state index contributed by atoms with van der Waals surface area (Å²) in [5.74, 6) is -0.527. The monoisotopic (exact) mass is 365 g/mol. The lowest BCUT2D eigenvalue weighted by Gasteiger charge is -2.07. The van der Waals surface area contributed by atoms with Gasteiger partial charge in [-0.15, -0.1) is 0 Å². The van der Waals surface area contributed by atoms with Crippen molar-refractivity contribution in [2.75, 3.05) is 6.61 Å². The number of ketones is 1. The van der Waals surface area contributed by atoms with Gasteiger partial charge in [0.1, 0.15) is 10.7 Å². The molecule has 25 heavy (non-hydrogen) atoms. The van der Waals surface area contributed by atoms with Crippen molar-refractivity contribution < 1.29 is 14.3 Å². The van der Waals surface area contributed by atoms with E-state index in [1.807, 2.05) is 39.3 Å². The third-order valence-corrected chi connectivity index (χ3v) is 4.60. The van der Waals surface area contributed by atoms with Crippen molar-refractivity contribution in [1.29, 1.82) is 0 Å². The molecule has 0 N–H and O–H groups in total. The zero-order valence-electron chi connectivity index (χ0n) is 15.5. The maximum atomic E-state index is 12.4. The Morgan fingerprint density at radius 3 is 2.44 bits per heavy atom. The lowest BCUT2D eigenvalue weighted by molar-refractivity contribution is 0.0474. The number of esters is 1. The van der Waals surface area contributed by atoms with Gasteiger partial charge in [-0.05, 0) is 32.8 Å². The zero-order valence-corrected chi connectivity index (χ0v) is 16.3. The van der Waals surface area contributed by atoms with Crippen molar-refractivity contribution >= 4 is 23.4 Å². The molecule has 0 unspecified atom stereocenters. The summed E-state index contributed by atoms with van der Waals surface area (Å²) in [4.78, 5) is 24.7. The molecule has 136 valence electrons. The van der Waals surface area contributed by atoms with Crippen LogP contribution >= 0.6 is 11.6 Å². The van der Waals surface area contributed by atoms with E-state index >= 15 is 0 Å². The van der Waals surface area contributed by atoms with E-state index in [1.54, 1.807) is 17.7 Å². The molecular weight excluding hydrogens is 342 g/mol. The molecule has 0 bridgehead atoms. The first-order valence-corrected chi connectivity index (χ1v) is 8.57. The van der Waals surface area contributed by atoms with Gasteiger partial charge in [-0.3, -0.25) is 9.48 Å². The molecule has 2 aromatic heterocycles. The van der Waals surface area contributed by atoms with Crippen LogP contribution in [0.2, 0.25) is 5.15 Å². The predicted molar refractivity (Wildman–Crippen MR) is 96.3 cm³/mol. The molecule has 0 amide bonds. The minimum absolute atomic E-state index is 0.219. The first-order chi connectivity index (χ1) is 11.6. The fourth-order valence-electron chi connectivity index (χ4n) is 2.67. The summed E-state index contributed by atoms with van der Waals surface area (Å²) in [5.41, 5.74) is 3.09. The number of carbonyl (C=O) groups excluding carboxylic acids is 2. The van der Waals surface area contributed by atoms with Gasteiger partial charge in [0.05, 0.1) is 5.69 Å². The quantitative estimate of drug-likeness (QED) is 0.580. The number of carbonyl (C=O) groups is 2. The number of hydrogen-bond acceptors (Lipinski definition) is 4. The largest absolute Gasteiger partial charge is 0.454 e. The Hall–Kier alpha value is -2.08. The number of Topliss-reactive ketones (excluding diaryl/α,β-unsaturated/α-hetero) is 1. The number of aryl methyl sites for hydroxylation is 2. The summed E-state index contributed by atoms with van der Waals surface area (Å²) in [5, 5.41) is 4.53. The first-order valence-electron chi connectivity index (χ1n) is 8.19. The second-order valence-corrected chi connectivity index (χ2v) is 7.03. The summed E-state index contributed by atoms with van der Waals surface area (Å²) in [6.07, 6.45) is 0. The predicted octanol–water partition coefficient (Wildman–Crippen LogP) is 3.50. The summed E-state index contributed by atoms with van der Waals surface area (Å²) < 4.78 is 8.70. The smallest absolute Gasteiger partial charge is 0.343 e. The standard InChI is InChI=1S/C18H24ClN3O3/c1-10(2)8-22-17(19)16(12(4)20-22)18(24)25-9-15(23)14-7-11(3)21(6)13(14)5/h7,10H,8-9H2,1-6H3. The number of aromatic nitrogens is 3. The van der Waals surface area contributed by atoms with E-state index in [4.69, 9.17) is 16.3 Å². The highest BCUT2D eigenvalue weighted by Gasteiger charge is 2.23. The number of hydrogen-bond donors (Lipinski definition) is 0. The van der Waals surface area contributed by atoms with Crippen LogP contribution in [0.3, 0.4) is 0 Å². The molecule has 6 nitrogen and oxygen atoms in total. The molecular formula is C18H24ClN3O3. The number of rotatable bonds is 6. The van der Waals surface area contributed by atoms with Crippen LogP contribution < -0.4 is 0 Å². The van der Waals surface area contributed by atoms with Crippen LogP contribution in [0.25, 0.3) is 0 Å². The molecule has 0 aromatic carbocycles. The summed E-state index contributed by atoms with van der Waals surface area (Å²) in [6, 6.07) is 1.80. The summed E-state index contributed by atoms with van der Waals surface area (Å²) in [7, 11) is 1.89. The van der Waals surface area contributed by atoms with Crippen LogP contribution in [0.5, 0.6) is 0 Å². The molecule has 0 fully saturated rings. The van der Waals surface area contributed by atoms with Gasteiger partial charge in [-0.25, -0.2) is 4.79 Å². The zero-order chi connectivity index (χ0) is 18.9. The first kappa shape index (κ1) is 19.2. The molecule has 0 aliphatic rings. The third-order valence-electron chi connectivity index (χ3n) is 4.22. The molecule has 0 saturated heterocycles. The highest BCUT2D eigenvalue weighted by Crippen LogP contribution is 2.22. The highest BCUT2D eigenvalue weighted by molar-refractivity contribution is 6.32. The van der Waals surface area contributed by atoms with E-state index in [9.17, 15) is 9.59 Å². The van der Waals surface area contributed by atoms with Crippen LogP contribution in [0.15, 0.2) is 6.07 Å². The number of halogens is 1. The minimum atomic E-state index is -0.629. The maximum Gasteiger partial charge on any atom is 0.343 e. The van der Waals surface area contributed by atoms with E-state index in [0.29, 0.717) is 23.7 Å². The van der Waals surface area contributed by atoms with Crippen molar-refractivity contribution in [3.63, 3.8) is 0 Å². The third kappa shape index (κ3) is 3.95. The Balaban J connectivity index is 2.11. The average Bonchev–Trinajstić information content (AvgIpc) is 2.94. The average molecular weight is 366 g/mol. The van der Waals surface area contributed by atoms with E-state index in [0.717, 1.165) is 11.4 Å². The SMILES string of the molecule is Cc1nn(CC(C)C)c(Cl)c1C(=O)OCC(=O)c1cc(C)n(C)c1C. The van der Waals surface area contributed by atoms with Crippen LogP contribution in [0, 0.1) is 26.7 Å². The Kier molecular flexibility index (Phi) is 5.72. The van der Waals surface area contributed by atoms with E-state index in [1.165, 1.54) is 0 Å². The molecule has 2 rings (SSSR count). The van der Waals surface area contributed by atoms with Crippen molar-refractivity contribution in [3.8, 4) is 0 Å². The van der Waals surface area contributed by atoms with Crippen molar-refractivity contribution in [2.45, 2.75) is 41.2 Å². The Morgan fingerprint density at radius 1 is 1.28 bits per heavy atom. The summed E-state index contributed by atoms with van der Waals surface area (Å²) in [6.45, 7) is 9.83. The van der Waals surface area contributed by atoms with Crippen molar-refractivity contribution in [1.82, 2.24) is 14.3 Å². The molecule has 7 heteroatoms. The van der Waals surface area contributed by atoms with Gasteiger partial charge >= 0.3 is 5.97 Å². The lowest BCUT2D eigenvalue weighted by Crippen LogP contribution is -2.15. The highest BCUT2D eigenvalue weighted by atomic mass is 35.5. The van der Waals surface area contributed by atoms with Gasteiger partial charge in [-0.2, -0.15) is 5.10 Å². The Labute approximate surface area is 152 Å². The van der Waals surface area contributed by atoms with Crippen LogP contribution in [0.4, 0.5) is 0 Å².